The highest BCUT2D eigenvalue weighted by atomic mass is 79.9. The summed E-state index contributed by atoms with van der Waals surface area (Å²) in [7, 11) is -1.07. The number of aromatic nitrogens is 2. The molecule has 0 fully saturated rings. The Morgan fingerprint density at radius 1 is 1.43 bits per heavy atom. The quantitative estimate of drug-likeness (QED) is 0.627. The molecule has 1 aromatic heterocycles. The van der Waals surface area contributed by atoms with Gasteiger partial charge in [-0.2, -0.15) is 5.10 Å². The van der Waals surface area contributed by atoms with Crippen molar-refractivity contribution in [3.05, 3.63) is 28.4 Å². The van der Waals surface area contributed by atoms with Crippen molar-refractivity contribution in [1.82, 2.24) is 9.78 Å². The summed E-state index contributed by atoms with van der Waals surface area (Å²) in [6.45, 7) is 8.13. The minimum atomic E-state index is -1.07. The lowest BCUT2D eigenvalue weighted by molar-refractivity contribution is 0.0791. The predicted octanol–water partition coefficient (Wildman–Crippen LogP) is 3.21. The normalized spacial score (nSPS) is 12.0. The molecule has 0 saturated carbocycles. The number of rotatable bonds is 6. The molecule has 0 atom stereocenters. The topological polar surface area (TPSA) is 70.1 Å². The van der Waals surface area contributed by atoms with E-state index in [1.54, 1.807) is 16.8 Å². The Morgan fingerprint density at radius 3 is 2.76 bits per heavy atom. The lowest BCUT2D eigenvalue weighted by Gasteiger charge is -2.15. The Labute approximate surface area is 133 Å². The second-order valence-electron chi connectivity index (χ2n) is 6.27. The lowest BCUT2D eigenvalue weighted by Crippen LogP contribution is -2.22. The molecular formula is C14H20BrN3O2Si. The molecule has 114 valence electrons. The van der Waals surface area contributed by atoms with Gasteiger partial charge >= 0.3 is 0 Å². The molecule has 2 aromatic rings. The first-order chi connectivity index (χ1) is 9.76. The van der Waals surface area contributed by atoms with Gasteiger partial charge < -0.3 is 10.5 Å². The molecule has 0 radical (unpaired) electrons. The number of hydrogen-bond donors (Lipinski definition) is 1. The summed E-state index contributed by atoms with van der Waals surface area (Å²) in [6.07, 6.45) is 1.90. The summed E-state index contributed by atoms with van der Waals surface area (Å²) in [5.41, 5.74) is 6.48. The number of nitrogens with two attached hydrogens (primary N) is 1. The van der Waals surface area contributed by atoms with Crippen molar-refractivity contribution >= 4 is 40.8 Å². The third kappa shape index (κ3) is 4.39. The summed E-state index contributed by atoms with van der Waals surface area (Å²) in [6, 6.07) is 4.53. The molecule has 7 heteroatoms. The standard InChI is InChI=1S/C14H20BrN3O2Si/c1-21(2,3)5-4-20-9-18-8-11-12(15)6-10(14(16)19)7-13(11)17-18/h6-8H,4-5,9H2,1-3H3,(H2,16,19). The van der Waals surface area contributed by atoms with Crippen LogP contribution in [0.5, 0.6) is 0 Å². The summed E-state index contributed by atoms with van der Waals surface area (Å²) in [5.74, 6) is -0.460. The maximum absolute atomic E-state index is 11.3. The lowest BCUT2D eigenvalue weighted by atomic mass is 10.1. The zero-order chi connectivity index (χ0) is 15.6. The first-order valence-electron chi connectivity index (χ1n) is 6.80. The third-order valence-electron chi connectivity index (χ3n) is 3.13. The van der Waals surface area contributed by atoms with Gasteiger partial charge in [0, 0.05) is 36.3 Å². The number of nitrogens with zero attached hydrogens (tertiary/aromatic N) is 2. The van der Waals surface area contributed by atoms with Crippen molar-refractivity contribution in [3.8, 4) is 0 Å². The van der Waals surface area contributed by atoms with E-state index < -0.39 is 14.0 Å². The molecule has 0 aliphatic carbocycles. The van der Waals surface area contributed by atoms with Gasteiger partial charge in [0.2, 0.25) is 5.91 Å². The van der Waals surface area contributed by atoms with Crippen LogP contribution in [0.3, 0.4) is 0 Å². The Hall–Kier alpha value is -1.18. The molecule has 0 unspecified atom stereocenters. The van der Waals surface area contributed by atoms with Crippen LogP contribution < -0.4 is 5.73 Å². The largest absolute Gasteiger partial charge is 0.366 e. The molecule has 21 heavy (non-hydrogen) atoms. The second-order valence-corrected chi connectivity index (χ2v) is 12.7. The molecule has 2 rings (SSSR count). The Balaban J connectivity index is 2.09. The number of amides is 1. The summed E-state index contributed by atoms with van der Waals surface area (Å²) in [4.78, 5) is 11.3. The molecule has 0 aliphatic heterocycles. The maximum Gasteiger partial charge on any atom is 0.248 e. The molecule has 0 saturated heterocycles. The highest BCUT2D eigenvalue weighted by Gasteiger charge is 2.13. The first-order valence-corrected chi connectivity index (χ1v) is 11.3. The van der Waals surface area contributed by atoms with Crippen LogP contribution in [0.1, 0.15) is 10.4 Å². The van der Waals surface area contributed by atoms with Crippen LogP contribution in [0.4, 0.5) is 0 Å². The van der Waals surface area contributed by atoms with Crippen molar-refractivity contribution in [2.75, 3.05) is 6.61 Å². The Kier molecular flexibility index (Phi) is 4.85. The fourth-order valence-corrected chi connectivity index (χ4v) is 3.18. The van der Waals surface area contributed by atoms with Crippen molar-refractivity contribution in [1.29, 1.82) is 0 Å². The fourth-order valence-electron chi connectivity index (χ4n) is 1.87. The van der Waals surface area contributed by atoms with Crippen LogP contribution in [0, 0.1) is 0 Å². The van der Waals surface area contributed by atoms with E-state index in [0.29, 0.717) is 12.3 Å². The number of benzene rings is 1. The summed E-state index contributed by atoms with van der Waals surface area (Å²) < 4.78 is 8.22. The second kappa shape index (κ2) is 6.29. The molecule has 5 nitrogen and oxygen atoms in total. The maximum atomic E-state index is 11.3. The minimum absolute atomic E-state index is 0.414. The molecule has 1 aromatic carbocycles. The van der Waals surface area contributed by atoms with Gasteiger partial charge in [0.05, 0.1) is 5.52 Å². The van der Waals surface area contributed by atoms with Crippen molar-refractivity contribution < 1.29 is 9.53 Å². The zero-order valence-corrected chi connectivity index (χ0v) is 15.1. The van der Waals surface area contributed by atoms with Crippen LogP contribution in [-0.4, -0.2) is 30.4 Å². The van der Waals surface area contributed by atoms with E-state index in [4.69, 9.17) is 10.5 Å². The number of carbonyl (C=O) groups excluding carboxylic acids is 1. The van der Waals surface area contributed by atoms with E-state index in [-0.39, 0.29) is 0 Å². The van der Waals surface area contributed by atoms with E-state index in [1.165, 1.54) is 0 Å². The smallest absolute Gasteiger partial charge is 0.248 e. The fraction of sp³-hybridized carbons (Fsp3) is 0.429. The highest BCUT2D eigenvalue weighted by Crippen LogP contribution is 2.25. The van der Waals surface area contributed by atoms with Crippen molar-refractivity contribution in [2.45, 2.75) is 32.4 Å². The van der Waals surface area contributed by atoms with E-state index in [2.05, 4.69) is 40.7 Å². The number of primary amides is 1. The number of halogens is 1. The molecule has 1 heterocycles. The molecule has 0 aliphatic rings. The molecule has 1 amide bonds. The number of fused-ring (bicyclic) bond motifs is 1. The van der Waals surface area contributed by atoms with E-state index in [1.807, 2.05) is 6.20 Å². The highest BCUT2D eigenvalue weighted by molar-refractivity contribution is 9.10. The van der Waals surface area contributed by atoms with Gasteiger partial charge in [-0.3, -0.25) is 4.79 Å². The van der Waals surface area contributed by atoms with Crippen molar-refractivity contribution in [3.63, 3.8) is 0 Å². The van der Waals surface area contributed by atoms with E-state index in [9.17, 15) is 4.79 Å². The zero-order valence-electron chi connectivity index (χ0n) is 12.5. The van der Waals surface area contributed by atoms with Gasteiger partial charge in [-0.1, -0.05) is 35.6 Å². The predicted molar refractivity (Wildman–Crippen MR) is 90.1 cm³/mol. The van der Waals surface area contributed by atoms with Crippen LogP contribution in [0.15, 0.2) is 22.8 Å². The first kappa shape index (κ1) is 16.2. The minimum Gasteiger partial charge on any atom is -0.366 e. The van der Waals surface area contributed by atoms with Gasteiger partial charge in [-0.15, -0.1) is 0 Å². The van der Waals surface area contributed by atoms with Gasteiger partial charge in [0.25, 0.3) is 0 Å². The molecular weight excluding hydrogens is 350 g/mol. The van der Waals surface area contributed by atoms with E-state index >= 15 is 0 Å². The van der Waals surface area contributed by atoms with E-state index in [0.717, 1.165) is 28.0 Å². The van der Waals surface area contributed by atoms with Gasteiger partial charge in [0.1, 0.15) is 6.73 Å². The van der Waals surface area contributed by atoms with Gasteiger partial charge in [-0.25, -0.2) is 4.68 Å². The Bertz CT molecular complexity index is 664. The molecule has 0 bridgehead atoms. The summed E-state index contributed by atoms with van der Waals surface area (Å²) >= 11 is 3.44. The Morgan fingerprint density at radius 2 is 2.14 bits per heavy atom. The monoisotopic (exact) mass is 369 g/mol. The van der Waals surface area contributed by atoms with Gasteiger partial charge in [-0.05, 0) is 18.2 Å². The number of carbonyl (C=O) groups is 1. The summed E-state index contributed by atoms with van der Waals surface area (Å²) in [5, 5.41) is 5.35. The average Bonchev–Trinajstić information content (AvgIpc) is 2.77. The van der Waals surface area contributed by atoms with Crippen LogP contribution in [0.2, 0.25) is 25.7 Å². The molecule has 2 N–H and O–H groups in total. The van der Waals surface area contributed by atoms with Crippen LogP contribution in [0.25, 0.3) is 10.9 Å². The third-order valence-corrected chi connectivity index (χ3v) is 5.49. The number of ether oxygens (including phenoxy) is 1. The van der Waals surface area contributed by atoms with Crippen LogP contribution in [-0.2, 0) is 11.5 Å². The van der Waals surface area contributed by atoms with Gasteiger partial charge in [0.15, 0.2) is 0 Å². The number of hydrogen-bond acceptors (Lipinski definition) is 3. The van der Waals surface area contributed by atoms with Crippen LogP contribution >= 0.6 is 15.9 Å². The SMILES string of the molecule is C[Si](C)(C)CCOCn1cc2c(Br)cc(C(N)=O)cc2n1. The average molecular weight is 370 g/mol. The van der Waals surface area contributed by atoms with Crippen molar-refractivity contribution in [2.24, 2.45) is 5.73 Å². The molecule has 0 spiro atoms.